The Labute approximate surface area is 197 Å². The van der Waals surface area contributed by atoms with Gasteiger partial charge >= 0.3 is 0 Å². The van der Waals surface area contributed by atoms with Crippen molar-refractivity contribution in [3.63, 3.8) is 0 Å². The second-order valence-electron chi connectivity index (χ2n) is 10.0. The fraction of sp³-hybridized carbons (Fsp3) is 0.667. The van der Waals surface area contributed by atoms with Crippen molar-refractivity contribution >= 4 is 27.3 Å². The number of unbranched alkanes of at least 4 members (excludes halogenated alkanes) is 1. The second-order valence-corrected chi connectivity index (χ2v) is 12.1. The number of sulfone groups is 1. The Kier molecular flexibility index (Phi) is 9.46. The summed E-state index contributed by atoms with van der Waals surface area (Å²) in [5.41, 5.74) is 6.92. The lowest BCUT2D eigenvalue weighted by atomic mass is 9.80. The summed E-state index contributed by atoms with van der Waals surface area (Å²) in [5, 5.41) is 13.4. The van der Waals surface area contributed by atoms with Crippen LogP contribution in [0.5, 0.6) is 0 Å². The van der Waals surface area contributed by atoms with Gasteiger partial charge in [-0.3, -0.25) is 14.5 Å². The first-order valence-electron chi connectivity index (χ1n) is 11.7. The van der Waals surface area contributed by atoms with Crippen molar-refractivity contribution in [2.24, 2.45) is 17.1 Å². The van der Waals surface area contributed by atoms with Gasteiger partial charge in [0.25, 0.3) is 0 Å². The highest BCUT2D eigenvalue weighted by Gasteiger charge is 2.35. The summed E-state index contributed by atoms with van der Waals surface area (Å²) in [6.45, 7) is 8.19. The molecule has 0 saturated carbocycles. The molecule has 186 valence electrons. The lowest BCUT2D eigenvalue weighted by Crippen LogP contribution is -2.44. The molecule has 9 heteroatoms. The molecule has 0 unspecified atom stereocenters. The number of carbonyl (C=O) groups is 2. The van der Waals surface area contributed by atoms with E-state index >= 15 is 0 Å². The van der Waals surface area contributed by atoms with Crippen molar-refractivity contribution in [2.75, 3.05) is 17.3 Å². The minimum atomic E-state index is -3.41. The summed E-state index contributed by atoms with van der Waals surface area (Å²) in [4.78, 5) is 26.6. The number of anilines is 1. The molecule has 1 aliphatic heterocycles. The van der Waals surface area contributed by atoms with Crippen LogP contribution in [-0.4, -0.2) is 49.9 Å². The number of fused-ring (bicyclic) bond motifs is 1. The number of aliphatic hydroxyl groups is 1. The lowest BCUT2D eigenvalue weighted by molar-refractivity contribution is -0.125. The number of nitrogens with two attached hydrogens (primary N) is 1. The summed E-state index contributed by atoms with van der Waals surface area (Å²) < 4.78 is 24.6. The van der Waals surface area contributed by atoms with Crippen LogP contribution in [0.2, 0.25) is 0 Å². The molecule has 4 N–H and O–H groups in total. The number of amides is 2. The molecule has 0 spiro atoms. The minimum absolute atomic E-state index is 0.0718. The number of rotatable bonds is 11. The van der Waals surface area contributed by atoms with Crippen molar-refractivity contribution < 1.29 is 23.1 Å². The first kappa shape index (κ1) is 27.3. The van der Waals surface area contributed by atoms with Gasteiger partial charge in [-0.25, -0.2) is 8.42 Å². The van der Waals surface area contributed by atoms with E-state index < -0.39 is 27.4 Å². The van der Waals surface area contributed by atoms with E-state index in [1.54, 1.807) is 31.2 Å². The summed E-state index contributed by atoms with van der Waals surface area (Å²) in [6, 6.07) is 6.42. The summed E-state index contributed by atoms with van der Waals surface area (Å²) in [6.07, 6.45) is 1.69. The van der Waals surface area contributed by atoms with Crippen molar-refractivity contribution in [3.8, 4) is 0 Å². The van der Waals surface area contributed by atoms with Crippen LogP contribution in [-0.2, 0) is 25.2 Å². The van der Waals surface area contributed by atoms with Crippen LogP contribution in [0.3, 0.4) is 0 Å². The Bertz CT molecular complexity index is 932. The number of carbonyl (C=O) groups excluding carboxylic acids is 2. The smallest absolute Gasteiger partial charge is 0.228 e. The lowest BCUT2D eigenvalue weighted by Gasteiger charge is -2.34. The van der Waals surface area contributed by atoms with Crippen LogP contribution in [0.4, 0.5) is 5.69 Å². The molecule has 1 aromatic carbocycles. The third-order valence-electron chi connectivity index (χ3n) is 6.07. The zero-order valence-electron chi connectivity index (χ0n) is 20.2. The first-order valence-corrected chi connectivity index (χ1v) is 13.5. The maximum atomic E-state index is 13.1. The maximum Gasteiger partial charge on any atom is 0.228 e. The highest BCUT2D eigenvalue weighted by molar-refractivity contribution is 7.90. The number of para-hydroxylation sites is 1. The highest BCUT2D eigenvalue weighted by Crippen LogP contribution is 2.33. The predicted molar refractivity (Wildman–Crippen MR) is 130 cm³/mol. The fourth-order valence-electron chi connectivity index (χ4n) is 4.21. The fourth-order valence-corrected chi connectivity index (χ4v) is 5.69. The number of hydrogen-bond acceptors (Lipinski definition) is 6. The average molecular weight is 482 g/mol. The summed E-state index contributed by atoms with van der Waals surface area (Å²) in [7, 11) is -3.41. The normalized spacial score (nSPS) is 18.2. The molecular weight excluding hydrogens is 442 g/mol. The van der Waals surface area contributed by atoms with Crippen molar-refractivity contribution in [3.05, 3.63) is 29.8 Å². The topological polar surface area (TPSA) is 130 Å². The van der Waals surface area contributed by atoms with Crippen molar-refractivity contribution in [1.29, 1.82) is 0 Å². The van der Waals surface area contributed by atoms with Gasteiger partial charge in [0.2, 0.25) is 11.8 Å². The van der Waals surface area contributed by atoms with E-state index in [0.717, 1.165) is 12.8 Å². The molecular formula is C24H39N3O5S. The quantitative estimate of drug-likeness (QED) is 0.416. The summed E-state index contributed by atoms with van der Waals surface area (Å²) in [5.74, 6) is -1.17. The third-order valence-corrected chi connectivity index (χ3v) is 7.47. The van der Waals surface area contributed by atoms with Crippen molar-refractivity contribution in [2.45, 2.75) is 77.7 Å². The van der Waals surface area contributed by atoms with Crippen LogP contribution in [0.25, 0.3) is 0 Å². The molecule has 1 aromatic rings. The number of hydrogen-bond donors (Lipinski definition) is 3. The molecule has 2 rings (SSSR count). The minimum Gasteiger partial charge on any atom is -0.391 e. The van der Waals surface area contributed by atoms with E-state index in [0.29, 0.717) is 24.2 Å². The van der Waals surface area contributed by atoms with Gasteiger partial charge in [-0.05, 0) is 36.3 Å². The molecule has 0 aliphatic carbocycles. The van der Waals surface area contributed by atoms with E-state index in [-0.39, 0.29) is 42.2 Å². The van der Waals surface area contributed by atoms with Gasteiger partial charge in [0.05, 0.1) is 11.9 Å². The number of nitrogens with zero attached hydrogens (tertiary/aromatic N) is 1. The Hall–Kier alpha value is -1.97. The van der Waals surface area contributed by atoms with Gasteiger partial charge in [0.1, 0.15) is 5.88 Å². The van der Waals surface area contributed by atoms with Gasteiger partial charge < -0.3 is 16.2 Å². The van der Waals surface area contributed by atoms with Crippen LogP contribution in [0, 0.1) is 11.3 Å². The second kappa shape index (κ2) is 11.4. The molecule has 0 saturated heterocycles. The third kappa shape index (κ3) is 8.08. The Balaban J connectivity index is 1.97. The molecule has 1 aliphatic rings. The molecule has 2 amide bonds. The summed E-state index contributed by atoms with van der Waals surface area (Å²) >= 11 is 0. The van der Waals surface area contributed by atoms with Crippen LogP contribution in [0.15, 0.2) is 24.3 Å². The molecule has 3 atom stereocenters. The van der Waals surface area contributed by atoms with Gasteiger partial charge in [-0.2, -0.15) is 0 Å². The van der Waals surface area contributed by atoms with Crippen LogP contribution >= 0.6 is 0 Å². The Morgan fingerprint density at radius 2 is 1.94 bits per heavy atom. The monoisotopic (exact) mass is 481 g/mol. The Morgan fingerprint density at radius 3 is 2.61 bits per heavy atom. The zero-order valence-corrected chi connectivity index (χ0v) is 21.0. The van der Waals surface area contributed by atoms with Crippen molar-refractivity contribution in [1.82, 2.24) is 5.32 Å². The van der Waals surface area contributed by atoms with E-state index in [2.05, 4.69) is 5.32 Å². The molecule has 1 heterocycles. The molecule has 8 nitrogen and oxygen atoms in total. The number of aliphatic hydroxyl groups excluding tert-OH is 1. The predicted octanol–water partition coefficient (Wildman–Crippen LogP) is 2.34. The van der Waals surface area contributed by atoms with Crippen LogP contribution in [0.1, 0.15) is 65.4 Å². The van der Waals surface area contributed by atoms with Gasteiger partial charge in [0.15, 0.2) is 9.84 Å². The molecule has 0 aromatic heterocycles. The van der Waals surface area contributed by atoms with E-state index in [4.69, 9.17) is 5.73 Å². The maximum absolute atomic E-state index is 13.1. The molecule has 0 radical (unpaired) electrons. The molecule has 0 bridgehead atoms. The Morgan fingerprint density at radius 1 is 1.27 bits per heavy atom. The number of nitrogens with one attached hydrogen (secondary N) is 1. The molecule has 33 heavy (non-hydrogen) atoms. The number of benzene rings is 1. The van der Waals surface area contributed by atoms with Gasteiger partial charge in [-0.1, -0.05) is 52.3 Å². The molecule has 0 fully saturated rings. The van der Waals surface area contributed by atoms with E-state index in [1.807, 2.05) is 20.8 Å². The van der Waals surface area contributed by atoms with Gasteiger partial charge in [0, 0.05) is 30.6 Å². The van der Waals surface area contributed by atoms with E-state index in [9.17, 15) is 23.1 Å². The first-order chi connectivity index (χ1) is 15.3. The standard InChI is InChI=1S/C24H39N3O5S/c1-5-6-11-26-23(30)17(2)12-21(28)19(25)13-24(3,4)14-22(29)27-16-33(31,32)15-18-9-7-8-10-20(18)27/h7-10,17,19,21,28H,5-6,11-16,25H2,1-4H3,(H,26,30)/t17-,19+,21+/m1/s1. The van der Waals surface area contributed by atoms with Crippen LogP contribution < -0.4 is 16.0 Å². The zero-order chi connectivity index (χ0) is 24.8. The largest absolute Gasteiger partial charge is 0.391 e. The van der Waals surface area contributed by atoms with E-state index in [1.165, 1.54) is 4.90 Å². The SMILES string of the molecule is CCCCNC(=O)[C@H](C)C[C@H](O)[C@@H](N)CC(C)(C)CC(=O)N1CS(=O)(=O)Cc2ccccc21. The van der Waals surface area contributed by atoms with Gasteiger partial charge in [-0.15, -0.1) is 0 Å². The average Bonchev–Trinajstić information content (AvgIpc) is 2.71. The highest BCUT2D eigenvalue weighted by atomic mass is 32.2.